The highest BCUT2D eigenvalue weighted by atomic mass is 33.1. The molecule has 1 saturated carbocycles. The molecule has 26 heteroatoms. The Hall–Kier alpha value is -7.09. The molecule has 2 heterocycles. The number of benzene rings is 2. The molecule has 3 fully saturated rings. The molecule has 10 amide bonds. The van der Waals surface area contributed by atoms with Gasteiger partial charge in [-0.3, -0.25) is 52.9 Å². The van der Waals surface area contributed by atoms with Crippen LogP contribution < -0.4 is 60.2 Å². The van der Waals surface area contributed by atoms with E-state index < -0.39 is 125 Å². The Balaban J connectivity index is 1.51. The average Bonchev–Trinajstić information content (AvgIpc) is 3.88. The van der Waals surface area contributed by atoms with E-state index in [2.05, 4.69) is 42.2 Å². The zero-order valence-corrected chi connectivity index (χ0v) is 45.0. The van der Waals surface area contributed by atoms with E-state index >= 15 is 0 Å². The second kappa shape index (κ2) is 29.4. The van der Waals surface area contributed by atoms with E-state index in [4.69, 9.17) is 22.9 Å². The number of phenols is 1. The van der Waals surface area contributed by atoms with Gasteiger partial charge in [0.25, 0.3) is 0 Å². The maximum atomic E-state index is 14.9. The number of nitrogens with one attached hydrogen (secondary N) is 7. The van der Waals surface area contributed by atoms with Gasteiger partial charge in [-0.1, -0.05) is 97.2 Å². The minimum atomic E-state index is -1.66. The maximum Gasteiger partial charge on any atom is 0.246 e. The minimum Gasteiger partial charge on any atom is -0.508 e. The molecule has 2 saturated heterocycles. The van der Waals surface area contributed by atoms with Crippen LogP contribution in [0, 0.1) is 5.92 Å². The van der Waals surface area contributed by atoms with Gasteiger partial charge in [0.15, 0.2) is 5.96 Å². The van der Waals surface area contributed by atoms with Gasteiger partial charge in [0.1, 0.15) is 48.0 Å². The topological polar surface area (TPSA) is 395 Å². The molecule has 0 radical (unpaired) electrons. The van der Waals surface area contributed by atoms with Gasteiger partial charge in [0.05, 0.1) is 13.0 Å². The average molecular weight is 1110 g/mol. The first-order valence-corrected chi connectivity index (χ1v) is 28.1. The first-order valence-electron chi connectivity index (χ1n) is 25.8. The highest BCUT2D eigenvalue weighted by molar-refractivity contribution is 8.77. The number of aromatic hydroxyl groups is 1. The Morgan fingerprint density at radius 2 is 1.39 bits per heavy atom. The van der Waals surface area contributed by atoms with Crippen LogP contribution in [-0.2, 0) is 60.8 Å². The van der Waals surface area contributed by atoms with Gasteiger partial charge in [-0.25, -0.2) is 0 Å². The van der Waals surface area contributed by atoms with Crippen molar-refractivity contribution in [3.05, 3.63) is 65.7 Å². The number of nitrogens with two attached hydrogens (primary N) is 4. The Morgan fingerprint density at radius 3 is 2.03 bits per heavy atom. The number of hydrogen-bond acceptors (Lipinski definition) is 14. The number of carbonyl (C=O) groups excluding carboxylic acids is 10. The molecule has 24 nitrogen and oxygen atoms in total. The van der Waals surface area contributed by atoms with Crippen molar-refractivity contribution in [2.75, 3.05) is 25.4 Å². The van der Waals surface area contributed by atoms with Crippen molar-refractivity contribution in [3.63, 3.8) is 0 Å². The highest BCUT2D eigenvalue weighted by Gasteiger charge is 2.42. The summed E-state index contributed by atoms with van der Waals surface area (Å²) in [5.74, 6) is -8.67. The lowest BCUT2D eigenvalue weighted by Gasteiger charge is -2.37. The molecule has 1 aliphatic carbocycles. The molecule has 420 valence electrons. The van der Waals surface area contributed by atoms with Gasteiger partial charge < -0.3 is 70.2 Å². The number of primary amides is 2. The fraction of sp³-hybridized carbons (Fsp3) is 0.549. The molecule has 2 aromatic carbocycles. The lowest BCUT2D eigenvalue weighted by molar-refractivity contribution is -0.142. The molecule has 0 bridgehead atoms. The van der Waals surface area contributed by atoms with Gasteiger partial charge in [0, 0.05) is 42.9 Å². The lowest BCUT2D eigenvalue weighted by atomic mass is 9.85. The fourth-order valence-corrected chi connectivity index (χ4v) is 12.8. The standard InChI is InChI=1S/C51H73N13O11S2/c1-29(2)42-48(74)61-36(25-39(52)66)45(71)62-37(49(75)64-22-10-14-38(64)47(73)59-33(13-9-21-56-50(54)55)43(69)57-27-40(53)67)28-76-77-51(19-7-4-8-20-51)26-41(68)58-34(24-31-15-17-32(65)18-16-31)44(70)60-35(46(72)63-42)23-30-11-5-3-6-12-30/h3,5-6,11-12,15-18,29,33-38,42,65H,4,7-10,13-14,19-28H2,1-2H3,(H2,52,66)(H2,53,67)(H,57,69)(H,58,68)(H,59,73)(H,60,70)(H,61,74)(H,62,71)(H,63,72)(H4,54,55,56)/t33-,34-,35+,36+,37+,38+,42+/m1/s1. The second-order valence-corrected chi connectivity index (χ2v) is 22.7. The van der Waals surface area contributed by atoms with Crippen LogP contribution in [0.1, 0.15) is 95.6 Å². The number of rotatable bonds is 17. The van der Waals surface area contributed by atoms with Crippen molar-refractivity contribution in [3.8, 4) is 5.75 Å². The second-order valence-electron chi connectivity index (χ2n) is 19.9. The Morgan fingerprint density at radius 1 is 0.766 bits per heavy atom. The van der Waals surface area contributed by atoms with E-state index in [0.29, 0.717) is 30.4 Å². The Labute approximate surface area is 455 Å². The third-order valence-corrected chi connectivity index (χ3v) is 16.7. The number of amides is 10. The molecule has 2 aliphatic heterocycles. The van der Waals surface area contributed by atoms with Gasteiger partial charge in [-0.05, 0) is 67.7 Å². The smallest absolute Gasteiger partial charge is 0.246 e. The van der Waals surface area contributed by atoms with Crippen molar-refractivity contribution < 1.29 is 53.1 Å². The number of hydrogen-bond donors (Lipinski definition) is 12. The predicted octanol–water partition coefficient (Wildman–Crippen LogP) is -1.25. The molecule has 0 unspecified atom stereocenters. The predicted molar refractivity (Wildman–Crippen MR) is 290 cm³/mol. The van der Waals surface area contributed by atoms with E-state index in [0.717, 1.165) is 19.3 Å². The monoisotopic (exact) mass is 1110 g/mol. The van der Waals surface area contributed by atoms with Crippen molar-refractivity contribution in [2.24, 2.45) is 33.8 Å². The molecule has 77 heavy (non-hydrogen) atoms. The molecule has 7 atom stereocenters. The first-order chi connectivity index (χ1) is 36.6. The SMILES string of the molecule is CC(C)[C@@H]1NC(=O)[C@H](Cc2ccccc2)NC(=O)[C@@H](Cc2ccc(O)cc2)NC(=O)CC2(CCCCC2)SSC[C@@H](C(=O)N2CCC[C@H]2C(=O)N[C@H](CCCN=C(N)N)C(=O)NCC(N)=O)NC(=O)[C@H](CC(N)=O)NC1=O. The van der Waals surface area contributed by atoms with E-state index in [1.807, 2.05) is 0 Å². The molecule has 0 aromatic heterocycles. The molecule has 5 rings (SSSR count). The van der Waals surface area contributed by atoms with Gasteiger partial charge >= 0.3 is 0 Å². The lowest BCUT2D eigenvalue weighted by Crippen LogP contribution is -2.61. The van der Waals surface area contributed by atoms with Crippen molar-refractivity contribution in [2.45, 2.75) is 144 Å². The number of nitrogens with zero attached hydrogens (tertiary/aromatic N) is 2. The summed E-state index contributed by atoms with van der Waals surface area (Å²) in [6, 6.07) is 5.68. The summed E-state index contributed by atoms with van der Waals surface area (Å²) in [4.78, 5) is 144. The fourth-order valence-electron chi connectivity index (χ4n) is 9.41. The first kappa shape index (κ1) is 60.8. The van der Waals surface area contributed by atoms with Crippen LogP contribution in [0.5, 0.6) is 5.75 Å². The Bertz CT molecular complexity index is 2460. The molecule has 16 N–H and O–H groups in total. The number of aliphatic imine (C=N–C) groups is 1. The van der Waals surface area contributed by atoms with Gasteiger partial charge in [-0.15, -0.1) is 0 Å². The molecular weight excluding hydrogens is 1030 g/mol. The summed E-state index contributed by atoms with van der Waals surface area (Å²) >= 11 is 0. The minimum absolute atomic E-state index is 0.00648. The third kappa shape index (κ3) is 19.2. The summed E-state index contributed by atoms with van der Waals surface area (Å²) in [7, 11) is 2.56. The van der Waals surface area contributed by atoms with Gasteiger partial charge in [0.2, 0.25) is 59.1 Å². The maximum absolute atomic E-state index is 14.9. The zero-order chi connectivity index (χ0) is 56.2. The van der Waals surface area contributed by atoms with Crippen LogP contribution in [0.2, 0.25) is 0 Å². The Kier molecular flexibility index (Phi) is 23.2. The highest BCUT2D eigenvalue weighted by Crippen LogP contribution is 2.48. The largest absolute Gasteiger partial charge is 0.508 e. The van der Waals surface area contributed by atoms with Crippen molar-refractivity contribution in [1.82, 2.24) is 42.1 Å². The molecule has 1 spiro atoms. The molecule has 2 aromatic rings. The molecule has 3 aliphatic rings. The number of guanidine groups is 1. The van der Waals surface area contributed by atoms with E-state index in [1.54, 1.807) is 56.3 Å². The number of carbonyl (C=O) groups is 10. The summed E-state index contributed by atoms with van der Waals surface area (Å²) in [6.07, 6.45) is 3.56. The van der Waals surface area contributed by atoms with Crippen LogP contribution in [0.3, 0.4) is 0 Å². The van der Waals surface area contributed by atoms with Crippen molar-refractivity contribution in [1.29, 1.82) is 0 Å². The summed E-state index contributed by atoms with van der Waals surface area (Å²) in [6.45, 7) is 2.94. The molecular formula is C51H73N13O11S2. The third-order valence-electron chi connectivity index (χ3n) is 13.4. The summed E-state index contributed by atoms with van der Waals surface area (Å²) in [5.41, 5.74) is 23.1. The van der Waals surface area contributed by atoms with Crippen LogP contribution in [0.4, 0.5) is 0 Å². The van der Waals surface area contributed by atoms with Crippen LogP contribution in [-0.4, -0.2) is 147 Å². The van der Waals surface area contributed by atoms with Gasteiger partial charge in [-0.2, -0.15) is 0 Å². The number of likely N-dealkylation sites (tertiary alicyclic amines) is 1. The van der Waals surface area contributed by atoms with E-state index in [-0.39, 0.29) is 69.1 Å². The van der Waals surface area contributed by atoms with Crippen LogP contribution in [0.25, 0.3) is 0 Å². The van der Waals surface area contributed by atoms with Crippen LogP contribution in [0.15, 0.2) is 59.6 Å². The van der Waals surface area contributed by atoms with Crippen molar-refractivity contribution >= 4 is 86.6 Å². The zero-order valence-electron chi connectivity index (χ0n) is 43.4. The van der Waals surface area contributed by atoms with E-state index in [1.165, 1.54) is 38.6 Å². The number of phenolic OH excluding ortho intramolecular Hbond substituents is 1. The normalized spacial score (nSPS) is 23.2. The van der Waals surface area contributed by atoms with Crippen LogP contribution >= 0.6 is 21.6 Å². The van der Waals surface area contributed by atoms with E-state index in [9.17, 15) is 53.1 Å². The summed E-state index contributed by atoms with van der Waals surface area (Å²) < 4.78 is -0.726. The summed E-state index contributed by atoms with van der Waals surface area (Å²) in [5, 5.41) is 28.9. The quantitative estimate of drug-likeness (QED) is 0.0381.